The highest BCUT2D eigenvalue weighted by Crippen LogP contribution is 2.21. The van der Waals surface area contributed by atoms with Gasteiger partial charge >= 0.3 is 0 Å². The van der Waals surface area contributed by atoms with Crippen molar-refractivity contribution in [2.24, 2.45) is 0 Å². The van der Waals surface area contributed by atoms with Crippen molar-refractivity contribution in [1.29, 1.82) is 0 Å². The van der Waals surface area contributed by atoms with E-state index >= 15 is 0 Å². The molecule has 0 atom stereocenters. The van der Waals surface area contributed by atoms with E-state index in [2.05, 4.69) is 20.7 Å². The van der Waals surface area contributed by atoms with E-state index in [9.17, 15) is 4.79 Å². The van der Waals surface area contributed by atoms with Crippen molar-refractivity contribution in [3.8, 4) is 11.4 Å². The zero-order valence-electron chi connectivity index (χ0n) is 15.4. The fraction of sp³-hybridized carbons (Fsp3) is 0.100. The molecule has 29 heavy (non-hydrogen) atoms. The summed E-state index contributed by atoms with van der Waals surface area (Å²) in [5.41, 5.74) is 3.25. The molecule has 0 aliphatic heterocycles. The Kier molecular flexibility index (Phi) is 5.33. The first-order valence-electron chi connectivity index (χ1n) is 8.78. The molecule has 2 aromatic heterocycles. The number of carbonyl (C=O) groups is 1. The summed E-state index contributed by atoms with van der Waals surface area (Å²) in [5, 5.41) is 16.4. The molecule has 0 aliphatic carbocycles. The van der Waals surface area contributed by atoms with Crippen LogP contribution in [0.3, 0.4) is 0 Å². The van der Waals surface area contributed by atoms with Gasteiger partial charge in [-0.25, -0.2) is 9.36 Å². The van der Waals surface area contributed by atoms with Crippen LogP contribution in [-0.2, 0) is 6.54 Å². The number of aromatic nitrogens is 5. The number of carbonyl (C=O) groups excluding carboxylic acids is 1. The van der Waals surface area contributed by atoms with Gasteiger partial charge in [0.25, 0.3) is 5.91 Å². The molecule has 0 saturated carbocycles. The van der Waals surface area contributed by atoms with Crippen LogP contribution in [0.2, 0.25) is 10.0 Å². The number of rotatable bonds is 5. The number of hydrogen-bond donors (Lipinski definition) is 1. The minimum Gasteiger partial charge on any atom is -0.346 e. The highest BCUT2D eigenvalue weighted by molar-refractivity contribution is 6.32. The molecule has 0 spiro atoms. The van der Waals surface area contributed by atoms with Crippen molar-refractivity contribution >= 4 is 29.1 Å². The number of nitrogens with one attached hydrogen (secondary N) is 1. The first-order valence-corrected chi connectivity index (χ1v) is 9.53. The lowest BCUT2D eigenvalue weighted by Crippen LogP contribution is -2.24. The standard InChI is InChI=1S/C20H16Cl2N6O/c1-13-19(25-26-28(13)18-5-3-2-4-17(18)22)20(29)23-10-14-11-24-27(12-14)16-8-6-15(21)7-9-16/h2-9,11-12H,10H2,1H3,(H,23,29). The second-order valence-electron chi connectivity index (χ2n) is 6.34. The van der Waals surface area contributed by atoms with Crippen molar-refractivity contribution in [2.75, 3.05) is 0 Å². The van der Waals surface area contributed by atoms with Gasteiger partial charge in [0.05, 0.1) is 28.3 Å². The van der Waals surface area contributed by atoms with Gasteiger partial charge in [-0.05, 0) is 43.3 Å². The highest BCUT2D eigenvalue weighted by Gasteiger charge is 2.18. The first-order chi connectivity index (χ1) is 14.0. The SMILES string of the molecule is Cc1c(C(=O)NCc2cnn(-c3ccc(Cl)cc3)c2)nnn1-c1ccccc1Cl. The average Bonchev–Trinajstić information content (AvgIpc) is 3.34. The van der Waals surface area contributed by atoms with Gasteiger partial charge in [0, 0.05) is 23.3 Å². The van der Waals surface area contributed by atoms with Gasteiger partial charge in [0.15, 0.2) is 5.69 Å². The number of amides is 1. The topological polar surface area (TPSA) is 77.6 Å². The van der Waals surface area contributed by atoms with Crippen LogP contribution >= 0.6 is 23.2 Å². The monoisotopic (exact) mass is 426 g/mol. The van der Waals surface area contributed by atoms with Crippen LogP contribution in [0, 0.1) is 6.92 Å². The van der Waals surface area contributed by atoms with E-state index in [4.69, 9.17) is 23.2 Å². The van der Waals surface area contributed by atoms with Crippen molar-refractivity contribution in [3.63, 3.8) is 0 Å². The molecule has 0 radical (unpaired) electrons. The number of nitrogens with zero attached hydrogens (tertiary/aromatic N) is 5. The third kappa shape index (κ3) is 4.01. The first kappa shape index (κ1) is 19.2. The molecule has 2 heterocycles. The molecule has 146 valence electrons. The smallest absolute Gasteiger partial charge is 0.274 e. The van der Waals surface area contributed by atoms with E-state index in [1.165, 1.54) is 0 Å². The van der Waals surface area contributed by atoms with Gasteiger partial charge in [-0.15, -0.1) is 5.10 Å². The van der Waals surface area contributed by atoms with Crippen LogP contribution in [0.5, 0.6) is 0 Å². The minimum absolute atomic E-state index is 0.245. The van der Waals surface area contributed by atoms with Crippen LogP contribution in [0.4, 0.5) is 0 Å². The molecule has 0 unspecified atom stereocenters. The van der Waals surface area contributed by atoms with E-state index in [1.54, 1.807) is 40.7 Å². The molecule has 4 rings (SSSR count). The van der Waals surface area contributed by atoms with Crippen molar-refractivity contribution < 1.29 is 4.79 Å². The predicted octanol–water partition coefficient (Wildman–Crippen LogP) is 4.00. The Morgan fingerprint density at radius 3 is 2.62 bits per heavy atom. The molecule has 1 N–H and O–H groups in total. The lowest BCUT2D eigenvalue weighted by molar-refractivity contribution is 0.0945. The van der Waals surface area contributed by atoms with E-state index in [0.717, 1.165) is 11.3 Å². The van der Waals surface area contributed by atoms with E-state index in [0.29, 0.717) is 28.0 Å². The van der Waals surface area contributed by atoms with Crippen molar-refractivity contribution in [2.45, 2.75) is 13.5 Å². The summed E-state index contributed by atoms with van der Waals surface area (Å²) in [5.74, 6) is -0.319. The lowest BCUT2D eigenvalue weighted by atomic mass is 10.2. The maximum Gasteiger partial charge on any atom is 0.274 e. The maximum absolute atomic E-state index is 12.6. The summed E-state index contributed by atoms with van der Waals surface area (Å²) >= 11 is 12.1. The van der Waals surface area contributed by atoms with Crippen molar-refractivity contribution in [3.05, 3.63) is 87.9 Å². The van der Waals surface area contributed by atoms with Crippen LogP contribution in [0.25, 0.3) is 11.4 Å². The number of halogens is 2. The lowest BCUT2D eigenvalue weighted by Gasteiger charge is -2.06. The highest BCUT2D eigenvalue weighted by atomic mass is 35.5. The molecule has 7 nitrogen and oxygen atoms in total. The summed E-state index contributed by atoms with van der Waals surface area (Å²) < 4.78 is 3.27. The molecular weight excluding hydrogens is 411 g/mol. The molecule has 0 aliphatic rings. The van der Waals surface area contributed by atoms with E-state index in [-0.39, 0.29) is 11.6 Å². The van der Waals surface area contributed by atoms with Crippen LogP contribution in [0.1, 0.15) is 21.7 Å². The molecule has 4 aromatic rings. The maximum atomic E-state index is 12.6. The second kappa shape index (κ2) is 8.06. The molecular formula is C20H16Cl2N6O. The molecule has 0 bridgehead atoms. The van der Waals surface area contributed by atoms with Crippen molar-refractivity contribution in [1.82, 2.24) is 30.1 Å². The number of hydrogen-bond acceptors (Lipinski definition) is 4. The van der Waals surface area contributed by atoms with E-state index in [1.807, 2.05) is 36.5 Å². The number of para-hydroxylation sites is 1. The summed E-state index contributed by atoms with van der Waals surface area (Å²) in [4.78, 5) is 12.6. The Bertz CT molecular complexity index is 1170. The van der Waals surface area contributed by atoms with Gasteiger partial charge in [0.2, 0.25) is 0 Å². The fourth-order valence-electron chi connectivity index (χ4n) is 2.84. The van der Waals surface area contributed by atoms with Gasteiger partial charge in [0.1, 0.15) is 0 Å². The Hall–Kier alpha value is -3.16. The Morgan fingerprint density at radius 1 is 1.10 bits per heavy atom. The Balaban J connectivity index is 1.46. The second-order valence-corrected chi connectivity index (χ2v) is 7.18. The molecule has 2 aromatic carbocycles. The summed E-state index contributed by atoms with van der Waals surface area (Å²) in [7, 11) is 0. The zero-order valence-corrected chi connectivity index (χ0v) is 16.9. The Morgan fingerprint density at radius 2 is 1.86 bits per heavy atom. The summed E-state index contributed by atoms with van der Waals surface area (Å²) in [6.07, 6.45) is 3.54. The quantitative estimate of drug-likeness (QED) is 0.523. The average molecular weight is 427 g/mol. The Labute approximate surface area is 176 Å². The molecule has 0 fully saturated rings. The molecule has 9 heteroatoms. The van der Waals surface area contributed by atoms with E-state index < -0.39 is 0 Å². The van der Waals surface area contributed by atoms with Gasteiger partial charge in [-0.3, -0.25) is 4.79 Å². The fourth-order valence-corrected chi connectivity index (χ4v) is 3.19. The normalized spacial score (nSPS) is 10.9. The van der Waals surface area contributed by atoms with Crippen LogP contribution < -0.4 is 5.32 Å². The predicted molar refractivity (Wildman–Crippen MR) is 111 cm³/mol. The van der Waals surface area contributed by atoms with Crippen LogP contribution in [0.15, 0.2) is 60.9 Å². The third-order valence-corrected chi connectivity index (χ3v) is 4.94. The van der Waals surface area contributed by atoms with Gasteiger partial charge in [-0.1, -0.05) is 40.5 Å². The minimum atomic E-state index is -0.319. The van der Waals surface area contributed by atoms with Gasteiger partial charge < -0.3 is 5.32 Å². The third-order valence-electron chi connectivity index (χ3n) is 4.37. The number of benzene rings is 2. The van der Waals surface area contributed by atoms with Crippen LogP contribution in [-0.4, -0.2) is 30.7 Å². The molecule has 1 amide bonds. The largest absolute Gasteiger partial charge is 0.346 e. The van der Waals surface area contributed by atoms with Gasteiger partial charge in [-0.2, -0.15) is 5.10 Å². The summed E-state index contributed by atoms with van der Waals surface area (Å²) in [6.45, 7) is 2.08. The zero-order chi connectivity index (χ0) is 20.4. The molecule has 0 saturated heterocycles. The summed E-state index contributed by atoms with van der Waals surface area (Å²) in [6, 6.07) is 14.6.